The lowest BCUT2D eigenvalue weighted by atomic mass is 10.3. The van der Waals surface area contributed by atoms with Gasteiger partial charge in [-0.15, -0.1) is 0 Å². The molecule has 1 aliphatic rings. The van der Waals surface area contributed by atoms with Gasteiger partial charge in [0.1, 0.15) is 6.61 Å². The predicted octanol–water partition coefficient (Wildman–Crippen LogP) is -1.06. The highest BCUT2D eigenvalue weighted by Crippen LogP contribution is 1.93. The Kier molecular flexibility index (Phi) is 4.31. The maximum absolute atomic E-state index is 11.1. The van der Waals surface area contributed by atoms with Crippen LogP contribution < -0.4 is 10.6 Å². The zero-order chi connectivity index (χ0) is 12.0. The lowest BCUT2D eigenvalue weighted by molar-refractivity contribution is -0.139. The Balaban J connectivity index is 2.22. The summed E-state index contributed by atoms with van der Waals surface area (Å²) in [5.74, 6) is -1.29. The predicted molar refractivity (Wildman–Crippen MR) is 52.4 cm³/mol. The molecule has 1 rings (SSSR count). The van der Waals surface area contributed by atoms with E-state index in [4.69, 9.17) is 4.74 Å². The number of carbonyl (C=O) groups is 3. The van der Waals surface area contributed by atoms with Crippen molar-refractivity contribution in [3.63, 3.8) is 0 Å². The molecule has 0 radical (unpaired) electrons. The van der Waals surface area contributed by atoms with E-state index in [0.29, 0.717) is 6.54 Å². The van der Waals surface area contributed by atoms with Gasteiger partial charge in [0, 0.05) is 18.7 Å². The van der Waals surface area contributed by atoms with Gasteiger partial charge in [-0.3, -0.25) is 0 Å². The van der Waals surface area contributed by atoms with Crippen LogP contribution in [0.15, 0.2) is 12.2 Å². The van der Waals surface area contributed by atoms with E-state index in [1.165, 1.54) is 7.11 Å². The molecule has 1 saturated heterocycles. The quantitative estimate of drug-likeness (QED) is 0.472. The van der Waals surface area contributed by atoms with E-state index in [9.17, 15) is 14.4 Å². The van der Waals surface area contributed by atoms with Crippen LogP contribution in [-0.2, 0) is 19.1 Å². The van der Waals surface area contributed by atoms with E-state index in [1.54, 1.807) is 0 Å². The van der Waals surface area contributed by atoms with Crippen LogP contribution in [0, 0.1) is 0 Å². The monoisotopic (exact) mass is 228 g/mol. The van der Waals surface area contributed by atoms with E-state index < -0.39 is 11.9 Å². The van der Waals surface area contributed by atoms with Gasteiger partial charge in [0.2, 0.25) is 0 Å². The number of rotatable bonds is 4. The highest BCUT2D eigenvalue weighted by molar-refractivity contribution is 5.91. The van der Waals surface area contributed by atoms with Crippen LogP contribution in [0.5, 0.6) is 0 Å². The normalized spacial score (nSPS) is 19.1. The van der Waals surface area contributed by atoms with Crippen LogP contribution in [0.2, 0.25) is 0 Å². The van der Waals surface area contributed by atoms with Gasteiger partial charge in [0.15, 0.2) is 0 Å². The Hall–Kier alpha value is -2.05. The maximum atomic E-state index is 11.1. The van der Waals surface area contributed by atoms with Crippen molar-refractivity contribution in [3.8, 4) is 0 Å². The number of amides is 2. The Morgan fingerprint density at radius 3 is 2.69 bits per heavy atom. The Morgan fingerprint density at radius 1 is 1.44 bits per heavy atom. The van der Waals surface area contributed by atoms with Crippen molar-refractivity contribution < 1.29 is 23.9 Å². The van der Waals surface area contributed by atoms with E-state index in [1.807, 2.05) is 0 Å². The van der Waals surface area contributed by atoms with Crippen molar-refractivity contribution in [1.29, 1.82) is 0 Å². The van der Waals surface area contributed by atoms with Gasteiger partial charge in [0.25, 0.3) is 0 Å². The summed E-state index contributed by atoms with van der Waals surface area (Å²) in [5, 5.41) is 5.06. The summed E-state index contributed by atoms with van der Waals surface area (Å²) in [6.07, 6.45) is 1.93. The highest BCUT2D eigenvalue weighted by Gasteiger charge is 2.20. The molecule has 1 atom stereocenters. The Labute approximate surface area is 91.8 Å². The van der Waals surface area contributed by atoms with E-state index in [0.717, 1.165) is 12.2 Å². The maximum Gasteiger partial charge on any atom is 0.331 e. The molecule has 1 heterocycles. The number of methoxy groups -OCH3 is 1. The fraction of sp³-hybridized carbons (Fsp3) is 0.444. The van der Waals surface area contributed by atoms with Crippen LogP contribution in [0.4, 0.5) is 4.79 Å². The summed E-state index contributed by atoms with van der Waals surface area (Å²) in [5.41, 5.74) is 0. The first kappa shape index (κ1) is 12.0. The molecule has 0 bridgehead atoms. The minimum Gasteiger partial charge on any atom is -0.466 e. The number of hydrogen-bond donors (Lipinski definition) is 2. The molecule has 0 spiro atoms. The molecule has 0 aromatic heterocycles. The van der Waals surface area contributed by atoms with Crippen LogP contribution >= 0.6 is 0 Å². The molecule has 0 saturated carbocycles. The summed E-state index contributed by atoms with van der Waals surface area (Å²) in [6.45, 7) is 0.468. The lowest BCUT2D eigenvalue weighted by Gasteiger charge is -2.07. The topological polar surface area (TPSA) is 93.7 Å². The zero-order valence-electron chi connectivity index (χ0n) is 8.69. The van der Waals surface area contributed by atoms with E-state index in [-0.39, 0.29) is 18.7 Å². The van der Waals surface area contributed by atoms with E-state index in [2.05, 4.69) is 15.4 Å². The second-order valence-corrected chi connectivity index (χ2v) is 3.04. The number of urea groups is 1. The molecular weight excluding hydrogens is 216 g/mol. The molecule has 7 nitrogen and oxygen atoms in total. The summed E-state index contributed by atoms with van der Waals surface area (Å²) in [6, 6.07) is -0.519. The zero-order valence-corrected chi connectivity index (χ0v) is 8.69. The first-order valence-electron chi connectivity index (χ1n) is 4.59. The van der Waals surface area contributed by atoms with Crippen molar-refractivity contribution >= 4 is 18.0 Å². The molecule has 7 heteroatoms. The van der Waals surface area contributed by atoms with E-state index >= 15 is 0 Å². The summed E-state index contributed by atoms with van der Waals surface area (Å²) in [7, 11) is 1.21. The fourth-order valence-corrected chi connectivity index (χ4v) is 1.04. The van der Waals surface area contributed by atoms with Crippen LogP contribution in [-0.4, -0.2) is 44.3 Å². The average Bonchev–Trinajstić information content (AvgIpc) is 2.69. The third-order valence-corrected chi connectivity index (χ3v) is 1.83. The molecule has 1 aliphatic heterocycles. The van der Waals surface area contributed by atoms with Crippen LogP contribution in [0.1, 0.15) is 0 Å². The molecule has 88 valence electrons. The van der Waals surface area contributed by atoms with Crippen molar-refractivity contribution in [2.75, 3.05) is 20.3 Å². The van der Waals surface area contributed by atoms with Crippen molar-refractivity contribution in [3.05, 3.63) is 12.2 Å². The van der Waals surface area contributed by atoms with Crippen molar-refractivity contribution in [2.45, 2.75) is 6.04 Å². The number of carbonyl (C=O) groups excluding carboxylic acids is 3. The standard InChI is InChI=1S/C9H12N2O5/c1-15-7(12)2-3-8(13)16-5-6-4-10-9(14)11-6/h2-3,6H,4-5H2,1H3,(H2,10,11,14)/b3-2+. The summed E-state index contributed by atoms with van der Waals surface area (Å²) < 4.78 is 9.07. The van der Waals surface area contributed by atoms with Gasteiger partial charge in [-0.05, 0) is 0 Å². The molecule has 2 amide bonds. The van der Waals surface area contributed by atoms with Gasteiger partial charge in [-0.2, -0.15) is 0 Å². The molecule has 1 unspecified atom stereocenters. The molecule has 16 heavy (non-hydrogen) atoms. The molecule has 1 fully saturated rings. The first-order chi connectivity index (χ1) is 7.61. The molecule has 0 aromatic carbocycles. The molecule has 0 aromatic rings. The lowest BCUT2D eigenvalue weighted by Crippen LogP contribution is -2.31. The largest absolute Gasteiger partial charge is 0.466 e. The second-order valence-electron chi connectivity index (χ2n) is 3.04. The molecular formula is C9H12N2O5. The minimum absolute atomic E-state index is 0.0586. The summed E-state index contributed by atoms with van der Waals surface area (Å²) in [4.78, 5) is 32.4. The smallest absolute Gasteiger partial charge is 0.331 e. The average molecular weight is 228 g/mol. The highest BCUT2D eigenvalue weighted by atomic mass is 16.5. The Bertz CT molecular complexity index is 326. The van der Waals surface area contributed by atoms with Crippen molar-refractivity contribution in [1.82, 2.24) is 10.6 Å². The molecule has 2 N–H and O–H groups in total. The number of ether oxygens (including phenoxy) is 2. The molecule has 0 aliphatic carbocycles. The minimum atomic E-state index is -0.661. The van der Waals surface area contributed by atoms with Gasteiger partial charge in [-0.1, -0.05) is 0 Å². The second kappa shape index (κ2) is 5.74. The summed E-state index contributed by atoms with van der Waals surface area (Å²) >= 11 is 0. The third-order valence-electron chi connectivity index (χ3n) is 1.83. The van der Waals surface area contributed by atoms with Gasteiger partial charge >= 0.3 is 18.0 Å². The van der Waals surface area contributed by atoms with Crippen molar-refractivity contribution in [2.24, 2.45) is 0 Å². The van der Waals surface area contributed by atoms with Crippen LogP contribution in [0.25, 0.3) is 0 Å². The first-order valence-corrected chi connectivity index (χ1v) is 4.59. The Morgan fingerprint density at radius 2 is 2.12 bits per heavy atom. The van der Waals surface area contributed by atoms with Gasteiger partial charge < -0.3 is 20.1 Å². The number of esters is 2. The number of nitrogens with one attached hydrogen (secondary N) is 2. The SMILES string of the molecule is COC(=O)/C=C/C(=O)OCC1CNC(=O)N1. The fourth-order valence-electron chi connectivity index (χ4n) is 1.04. The van der Waals surface area contributed by atoms with Gasteiger partial charge in [0.05, 0.1) is 13.2 Å². The number of hydrogen-bond acceptors (Lipinski definition) is 5. The van der Waals surface area contributed by atoms with Crippen LogP contribution in [0.3, 0.4) is 0 Å². The van der Waals surface area contributed by atoms with Gasteiger partial charge in [-0.25, -0.2) is 14.4 Å². The third kappa shape index (κ3) is 3.99.